The van der Waals surface area contributed by atoms with Gasteiger partial charge in [0.25, 0.3) is 0 Å². The highest BCUT2D eigenvalue weighted by Crippen LogP contribution is 2.26. The van der Waals surface area contributed by atoms with Crippen molar-refractivity contribution < 1.29 is 9.59 Å². The van der Waals surface area contributed by atoms with Gasteiger partial charge in [-0.25, -0.2) is 0 Å². The Morgan fingerprint density at radius 2 is 2.09 bits per heavy atom. The van der Waals surface area contributed by atoms with Gasteiger partial charge >= 0.3 is 0 Å². The Kier molecular flexibility index (Phi) is 6.47. The number of rotatable bonds is 1. The summed E-state index contributed by atoms with van der Waals surface area (Å²) in [5.74, 6) is 1.27. The van der Waals surface area contributed by atoms with Gasteiger partial charge in [-0.2, -0.15) is 0 Å². The van der Waals surface area contributed by atoms with Gasteiger partial charge in [0.2, 0.25) is 11.8 Å². The molecule has 2 amide bonds. The molecule has 4 heteroatoms. The number of hydrogen-bond acceptors (Lipinski definition) is 2. The third-order valence-electron chi connectivity index (χ3n) is 5.04. The molecule has 1 fully saturated rings. The molecular formula is C18H30N2O2. The first kappa shape index (κ1) is 17.0. The van der Waals surface area contributed by atoms with Crippen LogP contribution in [0.5, 0.6) is 0 Å². The minimum atomic E-state index is -0.251. The minimum Gasteiger partial charge on any atom is -0.351 e. The lowest BCUT2D eigenvalue weighted by molar-refractivity contribution is -0.139. The second-order valence-electron chi connectivity index (χ2n) is 6.86. The maximum Gasteiger partial charge on any atom is 0.243 e. The van der Waals surface area contributed by atoms with Crippen LogP contribution in [0.3, 0.4) is 0 Å². The van der Waals surface area contributed by atoms with Crippen LogP contribution < -0.4 is 5.32 Å². The number of nitrogens with zero attached hydrogens (tertiary/aromatic N) is 1. The molecule has 1 saturated heterocycles. The average molecular weight is 306 g/mol. The third kappa shape index (κ3) is 4.59. The van der Waals surface area contributed by atoms with Crippen LogP contribution >= 0.6 is 0 Å². The molecule has 0 aromatic carbocycles. The number of carbonyl (C=O) groups excluding carboxylic acids is 2. The number of fused-ring (bicyclic) bond motifs is 1. The van der Waals surface area contributed by atoms with Crippen molar-refractivity contribution in [3.63, 3.8) is 0 Å². The molecule has 4 nitrogen and oxygen atoms in total. The van der Waals surface area contributed by atoms with Crippen LogP contribution in [0.4, 0.5) is 0 Å². The van der Waals surface area contributed by atoms with Crippen molar-refractivity contribution in [3.8, 4) is 0 Å². The molecule has 2 rings (SSSR count). The Hall–Kier alpha value is -1.32. The second kappa shape index (κ2) is 8.35. The summed E-state index contributed by atoms with van der Waals surface area (Å²) in [6.45, 7) is 5.76. The van der Waals surface area contributed by atoms with Crippen LogP contribution in [0.25, 0.3) is 0 Å². The van der Waals surface area contributed by atoms with Crippen molar-refractivity contribution in [2.45, 2.75) is 64.8 Å². The maximum atomic E-state index is 12.6. The van der Waals surface area contributed by atoms with E-state index in [0.29, 0.717) is 24.8 Å². The normalized spacial score (nSPS) is 33.0. The number of nitrogens with one attached hydrogen (secondary N) is 1. The zero-order valence-electron chi connectivity index (χ0n) is 14.0. The lowest BCUT2D eigenvalue weighted by atomic mass is 9.88. The van der Waals surface area contributed by atoms with Crippen LogP contribution in [0.2, 0.25) is 0 Å². The van der Waals surface area contributed by atoms with E-state index in [1.165, 1.54) is 0 Å². The summed E-state index contributed by atoms with van der Waals surface area (Å²) >= 11 is 0. The van der Waals surface area contributed by atoms with Gasteiger partial charge in [-0.3, -0.25) is 9.59 Å². The van der Waals surface area contributed by atoms with E-state index in [4.69, 9.17) is 0 Å². The first-order valence-electron chi connectivity index (χ1n) is 8.84. The molecule has 0 aliphatic carbocycles. The van der Waals surface area contributed by atoms with Crippen LogP contribution in [-0.4, -0.2) is 35.8 Å². The Morgan fingerprint density at radius 1 is 1.27 bits per heavy atom. The molecule has 2 aliphatic heterocycles. The van der Waals surface area contributed by atoms with E-state index in [-0.39, 0.29) is 17.9 Å². The van der Waals surface area contributed by atoms with Crippen molar-refractivity contribution >= 4 is 11.8 Å². The molecule has 2 heterocycles. The largest absolute Gasteiger partial charge is 0.351 e. The van der Waals surface area contributed by atoms with Gasteiger partial charge in [0.15, 0.2) is 0 Å². The fourth-order valence-corrected chi connectivity index (χ4v) is 3.64. The molecule has 0 saturated carbocycles. The number of amides is 2. The molecule has 0 aromatic heterocycles. The van der Waals surface area contributed by atoms with Crippen molar-refractivity contribution in [2.24, 2.45) is 11.8 Å². The highest BCUT2D eigenvalue weighted by molar-refractivity contribution is 5.88. The van der Waals surface area contributed by atoms with E-state index >= 15 is 0 Å². The smallest absolute Gasteiger partial charge is 0.243 e. The summed E-state index contributed by atoms with van der Waals surface area (Å²) < 4.78 is 0. The first-order chi connectivity index (χ1) is 10.6. The van der Waals surface area contributed by atoms with Crippen molar-refractivity contribution in [1.29, 1.82) is 0 Å². The molecule has 2 aliphatic rings. The van der Waals surface area contributed by atoms with Crippen LogP contribution in [0.1, 0.15) is 58.8 Å². The first-order valence-corrected chi connectivity index (χ1v) is 8.84. The predicted octanol–water partition coefficient (Wildman–Crippen LogP) is 2.89. The van der Waals surface area contributed by atoms with Crippen LogP contribution in [0, 0.1) is 11.8 Å². The lowest BCUT2D eigenvalue weighted by Gasteiger charge is -2.27. The van der Waals surface area contributed by atoms with E-state index in [9.17, 15) is 9.59 Å². The number of hydrogen-bond donors (Lipinski definition) is 1. The molecular weight excluding hydrogens is 276 g/mol. The van der Waals surface area contributed by atoms with Crippen molar-refractivity contribution in [1.82, 2.24) is 10.2 Å². The average Bonchev–Trinajstić information content (AvgIpc) is 2.98. The topological polar surface area (TPSA) is 49.4 Å². The fraction of sp³-hybridized carbons (Fsp3) is 0.778. The Bertz CT molecular complexity index is 419. The van der Waals surface area contributed by atoms with Gasteiger partial charge in [0.1, 0.15) is 6.04 Å². The summed E-state index contributed by atoms with van der Waals surface area (Å²) in [7, 11) is 0. The number of carbonyl (C=O) groups is 2. The lowest BCUT2D eigenvalue weighted by Crippen LogP contribution is -2.46. The number of allylic oxidation sites excluding steroid dienone is 1. The van der Waals surface area contributed by atoms with E-state index in [2.05, 4.69) is 25.2 Å². The molecule has 0 spiro atoms. The van der Waals surface area contributed by atoms with Crippen molar-refractivity contribution in [3.05, 3.63) is 12.2 Å². The maximum absolute atomic E-state index is 12.6. The van der Waals surface area contributed by atoms with Gasteiger partial charge in [-0.05, 0) is 43.9 Å². The summed E-state index contributed by atoms with van der Waals surface area (Å²) in [5.41, 5.74) is 0. The summed E-state index contributed by atoms with van der Waals surface area (Å²) in [6.07, 6.45) is 10.9. The second-order valence-corrected chi connectivity index (χ2v) is 6.86. The molecule has 0 radical (unpaired) electrons. The summed E-state index contributed by atoms with van der Waals surface area (Å²) in [4.78, 5) is 26.7. The van der Waals surface area contributed by atoms with E-state index in [1.807, 2.05) is 11.0 Å². The van der Waals surface area contributed by atoms with Gasteiger partial charge in [-0.1, -0.05) is 32.4 Å². The van der Waals surface area contributed by atoms with E-state index in [0.717, 1.165) is 45.1 Å². The molecule has 3 atom stereocenters. The third-order valence-corrected chi connectivity index (χ3v) is 5.04. The van der Waals surface area contributed by atoms with Crippen molar-refractivity contribution in [2.75, 3.05) is 13.1 Å². The molecule has 0 bridgehead atoms. The fourth-order valence-electron chi connectivity index (χ4n) is 3.64. The van der Waals surface area contributed by atoms with E-state index < -0.39 is 0 Å². The van der Waals surface area contributed by atoms with Gasteiger partial charge < -0.3 is 10.2 Å². The summed E-state index contributed by atoms with van der Waals surface area (Å²) in [6, 6.07) is -0.251. The Morgan fingerprint density at radius 3 is 2.86 bits per heavy atom. The van der Waals surface area contributed by atoms with Gasteiger partial charge in [0, 0.05) is 19.5 Å². The highest BCUT2D eigenvalue weighted by atomic mass is 16.2. The zero-order chi connectivity index (χ0) is 15.9. The molecule has 22 heavy (non-hydrogen) atoms. The monoisotopic (exact) mass is 306 g/mol. The summed E-state index contributed by atoms with van der Waals surface area (Å²) in [5, 5.41) is 2.95. The molecule has 0 aromatic rings. The van der Waals surface area contributed by atoms with Crippen LogP contribution in [-0.2, 0) is 9.59 Å². The van der Waals surface area contributed by atoms with Gasteiger partial charge in [-0.15, -0.1) is 0 Å². The quantitative estimate of drug-likeness (QED) is 0.757. The molecule has 1 N–H and O–H groups in total. The Balaban J connectivity index is 2.09. The Labute approximate surface area is 134 Å². The SMILES string of the molecule is CC[C@H]1CC(=O)N2CCC[C@H]2C(=O)NC/C=C\CC[C@@H](C)C1. The standard InChI is InChI=1S/C18H30N2O2/c1-3-15-12-14(2)8-5-4-6-10-19-18(22)16-9-7-11-20(16)17(21)13-15/h4,6,14-16H,3,5,7-13H2,1-2H3,(H,19,22)/b6-4-/t14-,15-,16+/m1/s1. The predicted molar refractivity (Wildman–Crippen MR) is 88.3 cm³/mol. The molecule has 0 unspecified atom stereocenters. The van der Waals surface area contributed by atoms with Gasteiger partial charge in [0.05, 0.1) is 0 Å². The molecule has 124 valence electrons. The van der Waals surface area contributed by atoms with Crippen LogP contribution in [0.15, 0.2) is 12.2 Å². The highest BCUT2D eigenvalue weighted by Gasteiger charge is 2.34. The minimum absolute atomic E-state index is 0.00831. The van der Waals surface area contributed by atoms with E-state index in [1.54, 1.807) is 0 Å². The zero-order valence-corrected chi connectivity index (χ0v) is 14.0.